The molecule has 1 saturated carbocycles. The van der Waals surface area contributed by atoms with Crippen LogP contribution in [-0.4, -0.2) is 30.1 Å². The molecule has 0 amide bonds. The van der Waals surface area contributed by atoms with Gasteiger partial charge in [-0.25, -0.2) is 9.78 Å². The third kappa shape index (κ3) is 2.68. The molecule has 5 heteroatoms. The van der Waals surface area contributed by atoms with E-state index in [1.807, 2.05) is 12.3 Å². The molecule has 2 heterocycles. The topological polar surface area (TPSA) is 42.4 Å². The van der Waals surface area contributed by atoms with Crippen molar-refractivity contribution in [2.45, 2.75) is 51.5 Å². The van der Waals surface area contributed by atoms with Crippen molar-refractivity contribution in [2.24, 2.45) is 5.92 Å². The van der Waals surface area contributed by atoms with Crippen LogP contribution in [0.3, 0.4) is 0 Å². The molecule has 110 valence electrons. The van der Waals surface area contributed by atoms with Crippen molar-refractivity contribution in [2.75, 3.05) is 18.1 Å². The van der Waals surface area contributed by atoms with E-state index >= 15 is 0 Å². The van der Waals surface area contributed by atoms with Gasteiger partial charge in [0, 0.05) is 18.0 Å². The van der Waals surface area contributed by atoms with E-state index in [1.54, 1.807) is 11.3 Å². The van der Waals surface area contributed by atoms with Gasteiger partial charge in [0.2, 0.25) is 0 Å². The van der Waals surface area contributed by atoms with Crippen LogP contribution in [0, 0.1) is 5.92 Å². The van der Waals surface area contributed by atoms with Gasteiger partial charge in [0.15, 0.2) is 10.8 Å². The number of rotatable bonds is 4. The summed E-state index contributed by atoms with van der Waals surface area (Å²) in [5, 5.41) is 2.83. The van der Waals surface area contributed by atoms with E-state index < -0.39 is 0 Å². The maximum atomic E-state index is 11.7. The number of thiazole rings is 1. The summed E-state index contributed by atoms with van der Waals surface area (Å²) in [5.74, 6) is 0.527. The Labute approximate surface area is 124 Å². The SMILES string of the molecule is CCOC(=O)c1csc(N2CCCC2C2CCCC2)n1. The highest BCUT2D eigenvalue weighted by Crippen LogP contribution is 2.38. The highest BCUT2D eigenvalue weighted by atomic mass is 32.1. The van der Waals surface area contributed by atoms with E-state index in [-0.39, 0.29) is 5.97 Å². The Morgan fingerprint density at radius 1 is 1.40 bits per heavy atom. The van der Waals surface area contributed by atoms with Crippen molar-refractivity contribution >= 4 is 22.4 Å². The maximum Gasteiger partial charge on any atom is 0.357 e. The van der Waals surface area contributed by atoms with E-state index in [1.165, 1.54) is 38.5 Å². The zero-order chi connectivity index (χ0) is 13.9. The number of aromatic nitrogens is 1. The first-order chi connectivity index (χ1) is 9.79. The molecule has 1 aromatic heterocycles. The predicted octanol–water partition coefficient (Wildman–Crippen LogP) is 3.48. The average molecular weight is 294 g/mol. The normalized spacial score (nSPS) is 23.4. The number of esters is 1. The standard InChI is InChI=1S/C15H22N2O2S/c1-2-19-14(18)12-10-20-15(16-12)17-9-5-8-13(17)11-6-3-4-7-11/h10-11,13H,2-9H2,1H3. The van der Waals surface area contributed by atoms with Crippen molar-refractivity contribution < 1.29 is 9.53 Å². The van der Waals surface area contributed by atoms with Crippen molar-refractivity contribution in [3.05, 3.63) is 11.1 Å². The zero-order valence-corrected chi connectivity index (χ0v) is 12.8. The number of carbonyl (C=O) groups is 1. The Balaban J connectivity index is 1.72. The Morgan fingerprint density at radius 3 is 2.95 bits per heavy atom. The molecular formula is C15H22N2O2S. The number of nitrogens with zero attached hydrogens (tertiary/aromatic N) is 2. The first-order valence-corrected chi connectivity index (χ1v) is 8.57. The number of hydrogen-bond acceptors (Lipinski definition) is 5. The molecule has 2 aliphatic rings. The van der Waals surface area contributed by atoms with Gasteiger partial charge < -0.3 is 9.64 Å². The van der Waals surface area contributed by atoms with Gasteiger partial charge in [-0.15, -0.1) is 11.3 Å². The summed E-state index contributed by atoms with van der Waals surface area (Å²) in [6, 6.07) is 0.638. The molecule has 0 bridgehead atoms. The summed E-state index contributed by atoms with van der Waals surface area (Å²) in [6.07, 6.45) is 7.99. The highest BCUT2D eigenvalue weighted by molar-refractivity contribution is 7.13. The Bertz CT molecular complexity index is 468. The molecule has 4 nitrogen and oxygen atoms in total. The third-order valence-electron chi connectivity index (χ3n) is 4.47. The van der Waals surface area contributed by atoms with E-state index in [2.05, 4.69) is 9.88 Å². The van der Waals surface area contributed by atoms with E-state index in [0.29, 0.717) is 18.3 Å². The maximum absolute atomic E-state index is 11.7. The third-order valence-corrected chi connectivity index (χ3v) is 5.34. The van der Waals surface area contributed by atoms with Crippen LogP contribution in [0.2, 0.25) is 0 Å². The molecule has 20 heavy (non-hydrogen) atoms. The Morgan fingerprint density at radius 2 is 2.20 bits per heavy atom. The monoisotopic (exact) mass is 294 g/mol. The lowest BCUT2D eigenvalue weighted by Crippen LogP contribution is -2.34. The molecule has 0 N–H and O–H groups in total. The summed E-state index contributed by atoms with van der Waals surface area (Å²) in [4.78, 5) is 18.7. The summed E-state index contributed by atoms with van der Waals surface area (Å²) in [5.41, 5.74) is 0.462. The van der Waals surface area contributed by atoms with Crippen LogP contribution < -0.4 is 4.90 Å². The second-order valence-corrected chi connectivity index (χ2v) is 6.52. The lowest BCUT2D eigenvalue weighted by molar-refractivity contribution is 0.0520. The lowest BCUT2D eigenvalue weighted by atomic mass is 9.96. The Hall–Kier alpha value is -1.10. The van der Waals surface area contributed by atoms with E-state index in [9.17, 15) is 4.79 Å². The van der Waals surface area contributed by atoms with E-state index in [4.69, 9.17) is 4.74 Å². The van der Waals surface area contributed by atoms with Crippen LogP contribution in [0.4, 0.5) is 5.13 Å². The van der Waals surface area contributed by atoms with Crippen LogP contribution in [0.25, 0.3) is 0 Å². The fourth-order valence-corrected chi connectivity index (χ4v) is 4.44. The van der Waals surface area contributed by atoms with Crippen molar-refractivity contribution in [3.63, 3.8) is 0 Å². The van der Waals surface area contributed by atoms with Crippen molar-refractivity contribution in [1.82, 2.24) is 4.98 Å². The number of carbonyl (C=O) groups excluding carboxylic acids is 1. The highest BCUT2D eigenvalue weighted by Gasteiger charge is 2.34. The largest absolute Gasteiger partial charge is 0.461 e. The minimum atomic E-state index is -0.299. The van der Waals surface area contributed by atoms with Gasteiger partial charge in [-0.05, 0) is 38.5 Å². The molecule has 1 saturated heterocycles. The first-order valence-electron chi connectivity index (χ1n) is 7.69. The van der Waals surface area contributed by atoms with Crippen LogP contribution in [0.15, 0.2) is 5.38 Å². The van der Waals surface area contributed by atoms with Crippen molar-refractivity contribution in [1.29, 1.82) is 0 Å². The quantitative estimate of drug-likeness (QED) is 0.797. The average Bonchev–Trinajstić information content (AvgIpc) is 3.19. The number of hydrogen-bond donors (Lipinski definition) is 0. The van der Waals surface area contributed by atoms with Gasteiger partial charge in [-0.2, -0.15) is 0 Å². The summed E-state index contributed by atoms with van der Waals surface area (Å²) >= 11 is 1.58. The minimum Gasteiger partial charge on any atom is -0.461 e. The smallest absolute Gasteiger partial charge is 0.357 e. The van der Waals surface area contributed by atoms with Gasteiger partial charge in [-0.1, -0.05) is 12.8 Å². The molecule has 0 radical (unpaired) electrons. The Kier molecular flexibility index (Phi) is 4.24. The van der Waals surface area contributed by atoms with Gasteiger partial charge >= 0.3 is 5.97 Å². The molecule has 2 fully saturated rings. The first kappa shape index (κ1) is 13.9. The molecule has 1 aliphatic carbocycles. The molecule has 0 spiro atoms. The second-order valence-electron chi connectivity index (χ2n) is 5.68. The minimum absolute atomic E-state index is 0.299. The van der Waals surface area contributed by atoms with Gasteiger partial charge in [0.05, 0.1) is 6.61 Å². The fourth-order valence-electron chi connectivity index (χ4n) is 3.56. The molecule has 3 rings (SSSR count). The van der Waals surface area contributed by atoms with Crippen LogP contribution in [-0.2, 0) is 4.74 Å². The van der Waals surface area contributed by atoms with Crippen LogP contribution in [0.1, 0.15) is 55.9 Å². The van der Waals surface area contributed by atoms with Crippen LogP contribution in [0.5, 0.6) is 0 Å². The molecule has 0 aromatic carbocycles. The number of ether oxygens (including phenoxy) is 1. The lowest BCUT2D eigenvalue weighted by Gasteiger charge is -2.28. The summed E-state index contributed by atoms with van der Waals surface area (Å²) < 4.78 is 5.02. The molecule has 1 atom stereocenters. The van der Waals surface area contributed by atoms with E-state index in [0.717, 1.165) is 17.6 Å². The fraction of sp³-hybridized carbons (Fsp3) is 0.733. The van der Waals surface area contributed by atoms with Gasteiger partial charge in [0.1, 0.15) is 0 Å². The zero-order valence-electron chi connectivity index (χ0n) is 12.0. The molecule has 1 aliphatic heterocycles. The molecular weight excluding hydrogens is 272 g/mol. The summed E-state index contributed by atoms with van der Waals surface area (Å²) in [7, 11) is 0. The second kappa shape index (κ2) is 6.12. The van der Waals surface area contributed by atoms with Crippen molar-refractivity contribution in [3.8, 4) is 0 Å². The van der Waals surface area contributed by atoms with Gasteiger partial charge in [0.25, 0.3) is 0 Å². The number of anilines is 1. The van der Waals surface area contributed by atoms with Crippen LogP contribution >= 0.6 is 11.3 Å². The predicted molar refractivity (Wildman–Crippen MR) is 80.4 cm³/mol. The molecule has 1 unspecified atom stereocenters. The van der Waals surface area contributed by atoms with Gasteiger partial charge in [-0.3, -0.25) is 0 Å². The molecule has 1 aromatic rings. The summed E-state index contributed by atoms with van der Waals surface area (Å²) in [6.45, 7) is 3.30.